The number of unbranched alkanes of at least 4 members (excludes halogenated alkanes) is 1. The van der Waals surface area contributed by atoms with E-state index < -0.39 is 11.8 Å². The van der Waals surface area contributed by atoms with Gasteiger partial charge in [-0.1, -0.05) is 50.1 Å². The minimum Gasteiger partial charge on any atom is -0.456 e. The number of nitrogens with zero attached hydrogens (tertiary/aromatic N) is 4. The first-order valence-corrected chi connectivity index (χ1v) is 13.5. The Balaban J connectivity index is 1.43. The molecule has 0 radical (unpaired) electrons. The van der Waals surface area contributed by atoms with E-state index in [1.807, 2.05) is 48.5 Å². The monoisotopic (exact) mass is 531 g/mol. The van der Waals surface area contributed by atoms with Crippen molar-refractivity contribution in [3.63, 3.8) is 0 Å². The second-order valence-electron chi connectivity index (χ2n) is 10.2. The smallest absolute Gasteiger partial charge is 0.456 e. The van der Waals surface area contributed by atoms with Crippen LogP contribution in [0.1, 0.15) is 63.9 Å². The van der Waals surface area contributed by atoms with E-state index >= 15 is 0 Å². The Morgan fingerprint density at radius 1 is 1.10 bits per heavy atom. The summed E-state index contributed by atoms with van der Waals surface area (Å²) in [5.41, 5.74) is 2.48. The summed E-state index contributed by atoms with van der Waals surface area (Å²) >= 11 is 0. The molecule has 10 heteroatoms. The Morgan fingerprint density at radius 2 is 1.90 bits per heavy atom. The number of H-pyrrole nitrogens is 1. The van der Waals surface area contributed by atoms with Crippen molar-refractivity contribution in [2.24, 2.45) is 0 Å². The van der Waals surface area contributed by atoms with Gasteiger partial charge in [0.25, 0.3) is 0 Å². The molecule has 5 rings (SSSR count). The van der Waals surface area contributed by atoms with E-state index in [4.69, 9.17) is 9.15 Å². The highest BCUT2D eigenvalue weighted by atomic mass is 16.7. The lowest BCUT2D eigenvalue weighted by Gasteiger charge is -2.39. The van der Waals surface area contributed by atoms with Crippen LogP contribution in [-0.4, -0.2) is 54.8 Å². The van der Waals surface area contributed by atoms with Crippen molar-refractivity contribution in [1.29, 1.82) is 0 Å². The van der Waals surface area contributed by atoms with Gasteiger partial charge in [-0.05, 0) is 66.3 Å². The molecule has 0 bridgehead atoms. The molecule has 204 valence electrons. The first-order chi connectivity index (χ1) is 19.0. The lowest BCUT2D eigenvalue weighted by Crippen LogP contribution is -2.49. The first kappa shape index (κ1) is 26.4. The summed E-state index contributed by atoms with van der Waals surface area (Å²) in [6.07, 6.45) is 4.90. The van der Waals surface area contributed by atoms with Gasteiger partial charge in [0.15, 0.2) is 5.82 Å². The van der Waals surface area contributed by atoms with Crippen molar-refractivity contribution in [2.45, 2.75) is 70.4 Å². The number of benzene rings is 2. The number of furan rings is 1. The summed E-state index contributed by atoms with van der Waals surface area (Å²) in [6, 6.07) is 15.6. The van der Waals surface area contributed by atoms with Crippen LogP contribution in [0.2, 0.25) is 0 Å². The number of rotatable bonds is 10. The average Bonchev–Trinajstić information content (AvgIpc) is 3.62. The van der Waals surface area contributed by atoms with Gasteiger partial charge in [-0.15, -0.1) is 5.10 Å². The minimum atomic E-state index is -1.29. The van der Waals surface area contributed by atoms with Crippen molar-refractivity contribution >= 4 is 23.0 Å². The van der Waals surface area contributed by atoms with Crippen LogP contribution in [-0.2, 0) is 16.1 Å². The molecule has 2 heterocycles. The summed E-state index contributed by atoms with van der Waals surface area (Å²) in [4.78, 5) is 26.6. The molecule has 0 saturated heterocycles. The van der Waals surface area contributed by atoms with Crippen molar-refractivity contribution < 1.29 is 23.8 Å². The second kappa shape index (κ2) is 11.7. The highest BCUT2D eigenvalue weighted by Gasteiger charge is 2.39. The van der Waals surface area contributed by atoms with E-state index in [1.165, 1.54) is 0 Å². The van der Waals surface area contributed by atoms with Crippen LogP contribution in [0.25, 0.3) is 33.7 Å². The van der Waals surface area contributed by atoms with E-state index in [0.29, 0.717) is 37.4 Å². The minimum absolute atomic E-state index is 0.0124. The van der Waals surface area contributed by atoms with Gasteiger partial charge in [0, 0.05) is 29.5 Å². The quantitative estimate of drug-likeness (QED) is 0.231. The van der Waals surface area contributed by atoms with Crippen LogP contribution >= 0.6 is 0 Å². The fourth-order valence-electron chi connectivity index (χ4n) is 5.46. The van der Waals surface area contributed by atoms with Gasteiger partial charge >= 0.3 is 6.16 Å². The van der Waals surface area contributed by atoms with Crippen LogP contribution in [0.4, 0.5) is 4.79 Å². The predicted molar refractivity (Wildman–Crippen MR) is 145 cm³/mol. The number of nitrogens with one attached hydrogen (secondary N) is 1. The predicted octanol–water partition coefficient (Wildman–Crippen LogP) is 6.20. The lowest BCUT2D eigenvalue weighted by molar-refractivity contribution is -0.138. The number of carbonyl (C=O) groups excluding carboxylic acids is 1. The largest absolute Gasteiger partial charge is 0.506 e. The number of carboxylic acid groups (broad SMARTS) is 1. The number of aromatic amines is 1. The molecular formula is C29H33N5O5. The summed E-state index contributed by atoms with van der Waals surface area (Å²) in [6.45, 7) is 2.68. The number of tetrazole rings is 1. The lowest BCUT2D eigenvalue weighted by atomic mass is 9.84. The summed E-state index contributed by atoms with van der Waals surface area (Å²) < 4.78 is 11.6. The number of aromatic nitrogens is 4. The topological polar surface area (TPSA) is 134 Å². The average molecular weight is 532 g/mol. The fraction of sp³-hybridized carbons (Fsp3) is 0.414. The number of amides is 1. The molecule has 0 unspecified atom stereocenters. The van der Waals surface area contributed by atoms with E-state index in [2.05, 4.69) is 27.5 Å². The van der Waals surface area contributed by atoms with Crippen LogP contribution < -0.4 is 0 Å². The standard InChI is InChI=1S/C29H33N5O5/c1-2-3-11-26(35)34(19-29(39-28(36)37)14-7-4-8-15-29)18-20-12-13-24-21(16-20)17-25(38-24)22-9-5-6-10-23(22)27-30-32-33-31-27/h5-6,9-10,12-13,16-17H,2-4,7-8,11,14-15,18-19H2,1H3,(H,36,37)(H,30,31,32,33). The normalized spacial score (nSPS) is 14.8. The fourth-order valence-corrected chi connectivity index (χ4v) is 5.46. The van der Waals surface area contributed by atoms with E-state index in [9.17, 15) is 14.7 Å². The van der Waals surface area contributed by atoms with Crippen molar-refractivity contribution in [3.05, 3.63) is 54.1 Å². The van der Waals surface area contributed by atoms with Gasteiger partial charge in [0.1, 0.15) is 16.9 Å². The zero-order valence-corrected chi connectivity index (χ0v) is 22.1. The number of carbonyl (C=O) groups is 2. The zero-order chi connectivity index (χ0) is 27.2. The molecule has 2 aromatic carbocycles. The molecule has 1 saturated carbocycles. The van der Waals surface area contributed by atoms with Crippen molar-refractivity contribution in [2.75, 3.05) is 6.54 Å². The number of fused-ring (bicyclic) bond motifs is 1. The molecule has 1 aliphatic carbocycles. The number of ether oxygens (including phenoxy) is 1. The third-order valence-electron chi connectivity index (χ3n) is 7.39. The third kappa shape index (κ3) is 6.10. The molecule has 0 aliphatic heterocycles. The molecule has 2 N–H and O–H groups in total. The molecule has 39 heavy (non-hydrogen) atoms. The van der Waals surface area contributed by atoms with Gasteiger partial charge in [0.2, 0.25) is 5.91 Å². The molecule has 1 amide bonds. The van der Waals surface area contributed by atoms with E-state index in [1.54, 1.807) is 4.90 Å². The van der Waals surface area contributed by atoms with Crippen LogP contribution in [0, 0.1) is 0 Å². The number of hydrogen-bond donors (Lipinski definition) is 2. The van der Waals surface area contributed by atoms with Crippen LogP contribution in [0.15, 0.2) is 52.9 Å². The Hall–Kier alpha value is -4.21. The molecule has 1 fully saturated rings. The highest BCUT2D eigenvalue weighted by Crippen LogP contribution is 2.36. The summed E-state index contributed by atoms with van der Waals surface area (Å²) in [5, 5.41) is 24.6. The maximum atomic E-state index is 13.3. The van der Waals surface area contributed by atoms with Crippen molar-refractivity contribution in [1.82, 2.24) is 25.5 Å². The van der Waals surface area contributed by atoms with Gasteiger partial charge < -0.3 is 19.2 Å². The molecule has 0 spiro atoms. The molecule has 4 aromatic rings. The Bertz CT molecular complexity index is 1430. The van der Waals surface area contributed by atoms with E-state index in [-0.39, 0.29) is 12.5 Å². The van der Waals surface area contributed by atoms with Gasteiger partial charge in [-0.3, -0.25) is 4.79 Å². The maximum Gasteiger partial charge on any atom is 0.506 e. The highest BCUT2D eigenvalue weighted by molar-refractivity contribution is 5.87. The van der Waals surface area contributed by atoms with E-state index in [0.717, 1.165) is 59.8 Å². The van der Waals surface area contributed by atoms with Gasteiger partial charge in [-0.25, -0.2) is 9.89 Å². The third-order valence-corrected chi connectivity index (χ3v) is 7.39. The summed E-state index contributed by atoms with van der Waals surface area (Å²) in [7, 11) is 0. The molecule has 1 aliphatic rings. The summed E-state index contributed by atoms with van der Waals surface area (Å²) in [5.74, 6) is 1.24. The Kier molecular flexibility index (Phi) is 7.90. The number of hydrogen-bond acceptors (Lipinski definition) is 7. The second-order valence-corrected chi connectivity index (χ2v) is 10.2. The van der Waals surface area contributed by atoms with Crippen LogP contribution in [0.5, 0.6) is 0 Å². The maximum absolute atomic E-state index is 13.3. The molecule has 2 aromatic heterocycles. The Labute approximate surface area is 226 Å². The zero-order valence-electron chi connectivity index (χ0n) is 22.1. The van der Waals surface area contributed by atoms with Gasteiger partial charge in [-0.2, -0.15) is 0 Å². The van der Waals surface area contributed by atoms with Crippen molar-refractivity contribution in [3.8, 4) is 22.7 Å². The molecular weight excluding hydrogens is 498 g/mol. The first-order valence-electron chi connectivity index (χ1n) is 13.5. The molecule has 0 atom stereocenters. The Morgan fingerprint density at radius 3 is 2.62 bits per heavy atom. The van der Waals surface area contributed by atoms with Crippen LogP contribution in [0.3, 0.4) is 0 Å². The SMILES string of the molecule is CCCCC(=O)N(Cc1ccc2oc(-c3ccccc3-c3nnn[nH]3)cc2c1)CC1(OC(=O)O)CCCCC1. The molecule has 10 nitrogen and oxygen atoms in total. The van der Waals surface area contributed by atoms with Gasteiger partial charge in [0.05, 0.1) is 6.54 Å².